The molecule has 1 atom stereocenters. The van der Waals surface area contributed by atoms with Crippen LogP contribution in [0.25, 0.3) is 0 Å². The summed E-state index contributed by atoms with van der Waals surface area (Å²) in [6.45, 7) is 16.7. The van der Waals surface area contributed by atoms with Gasteiger partial charge in [-0.2, -0.15) is 0 Å². The van der Waals surface area contributed by atoms with Crippen molar-refractivity contribution in [3.63, 3.8) is 0 Å². The van der Waals surface area contributed by atoms with Crippen molar-refractivity contribution in [3.05, 3.63) is 0 Å². The molecule has 0 aliphatic rings. The lowest BCUT2D eigenvalue weighted by Gasteiger charge is -2.47. The van der Waals surface area contributed by atoms with Crippen molar-refractivity contribution >= 4 is 8.07 Å². The van der Waals surface area contributed by atoms with E-state index in [0.717, 1.165) is 16.6 Å². The van der Waals surface area contributed by atoms with Crippen LogP contribution >= 0.6 is 0 Å². The summed E-state index contributed by atoms with van der Waals surface area (Å²) < 4.78 is 0. The Morgan fingerprint density at radius 1 is 0.941 bits per heavy atom. The van der Waals surface area contributed by atoms with E-state index in [-0.39, 0.29) is 0 Å². The molecular formula is C16H32Si. The number of hydrogen-bond donors (Lipinski definition) is 0. The molecule has 0 aromatic heterocycles. The van der Waals surface area contributed by atoms with Gasteiger partial charge in [0.25, 0.3) is 0 Å². The summed E-state index contributed by atoms with van der Waals surface area (Å²) in [6, 6.07) is 0. The Labute approximate surface area is 111 Å². The minimum atomic E-state index is -1.43. The van der Waals surface area contributed by atoms with E-state index in [0.29, 0.717) is 5.54 Å². The molecule has 0 nitrogen and oxygen atoms in total. The van der Waals surface area contributed by atoms with Crippen molar-refractivity contribution in [3.8, 4) is 12.3 Å². The van der Waals surface area contributed by atoms with Crippen molar-refractivity contribution in [2.75, 3.05) is 0 Å². The van der Waals surface area contributed by atoms with Crippen LogP contribution in [0, 0.1) is 12.3 Å². The molecule has 1 unspecified atom stereocenters. The van der Waals surface area contributed by atoms with Gasteiger partial charge < -0.3 is 0 Å². The van der Waals surface area contributed by atoms with E-state index in [4.69, 9.17) is 6.42 Å². The summed E-state index contributed by atoms with van der Waals surface area (Å²) in [6.07, 6.45) is 9.69. The number of hydrogen-bond acceptors (Lipinski definition) is 0. The average Bonchev–Trinajstić information content (AvgIpc) is 2.22. The molecule has 1 heteroatoms. The first-order valence-electron chi connectivity index (χ1n) is 7.31. The van der Waals surface area contributed by atoms with Gasteiger partial charge in [0.15, 0.2) is 0 Å². The molecule has 0 fully saturated rings. The molecule has 0 radical (unpaired) electrons. The highest BCUT2D eigenvalue weighted by molar-refractivity contribution is 6.85. The predicted molar refractivity (Wildman–Crippen MR) is 83.2 cm³/mol. The van der Waals surface area contributed by atoms with Crippen LogP contribution < -0.4 is 0 Å². The van der Waals surface area contributed by atoms with Gasteiger partial charge in [-0.15, -0.1) is 12.3 Å². The third-order valence-electron chi connectivity index (χ3n) is 4.65. The third kappa shape index (κ3) is 3.38. The fraction of sp³-hybridized carbons (Fsp3) is 0.875. The van der Waals surface area contributed by atoms with Crippen molar-refractivity contribution in [2.45, 2.75) is 89.9 Å². The molecule has 0 aliphatic heterocycles. The summed E-state index contributed by atoms with van der Waals surface area (Å²) >= 11 is 0. The van der Waals surface area contributed by atoms with Gasteiger partial charge in [-0.25, -0.2) is 0 Å². The predicted octanol–water partition coefficient (Wildman–Crippen LogP) is 5.86. The molecule has 0 aliphatic carbocycles. The maximum Gasteiger partial charge on any atom is 0.0779 e. The quantitative estimate of drug-likeness (QED) is 0.393. The van der Waals surface area contributed by atoms with Gasteiger partial charge in [0.1, 0.15) is 0 Å². The minimum absolute atomic E-state index is 0.558. The molecule has 0 aromatic rings. The van der Waals surface area contributed by atoms with Crippen LogP contribution in [-0.4, -0.2) is 8.07 Å². The Kier molecular flexibility index (Phi) is 7.17. The van der Waals surface area contributed by atoms with Crippen molar-refractivity contribution in [2.24, 2.45) is 0 Å². The fourth-order valence-electron chi connectivity index (χ4n) is 4.09. The van der Waals surface area contributed by atoms with Gasteiger partial charge in [0.05, 0.1) is 8.07 Å². The number of rotatable bonds is 7. The standard InChI is InChI=1S/C16H32Si/c1-9-11-12-16(10-2)17(13(3)4,14(5)6)15(7)8/h2,13-16H,9,11-12H2,1,3-8H3. The van der Waals surface area contributed by atoms with Crippen LogP contribution in [0.5, 0.6) is 0 Å². The minimum Gasteiger partial charge on any atom is -0.120 e. The summed E-state index contributed by atoms with van der Waals surface area (Å²) in [7, 11) is -1.43. The highest BCUT2D eigenvalue weighted by atomic mass is 28.3. The molecule has 0 bridgehead atoms. The molecule has 0 rings (SSSR count). The zero-order valence-electron chi connectivity index (χ0n) is 13.0. The fourth-order valence-corrected chi connectivity index (χ4v) is 11.5. The average molecular weight is 253 g/mol. The molecule has 17 heavy (non-hydrogen) atoms. The molecule has 0 heterocycles. The lowest BCUT2D eigenvalue weighted by molar-refractivity contribution is 0.677. The monoisotopic (exact) mass is 252 g/mol. The van der Waals surface area contributed by atoms with Crippen LogP contribution in [0.1, 0.15) is 67.7 Å². The van der Waals surface area contributed by atoms with Crippen LogP contribution in [-0.2, 0) is 0 Å². The van der Waals surface area contributed by atoms with Crippen LogP contribution in [0.3, 0.4) is 0 Å². The highest BCUT2D eigenvalue weighted by Crippen LogP contribution is 2.50. The van der Waals surface area contributed by atoms with Gasteiger partial charge in [-0.05, 0) is 23.0 Å². The Morgan fingerprint density at radius 3 is 1.59 bits per heavy atom. The van der Waals surface area contributed by atoms with E-state index >= 15 is 0 Å². The van der Waals surface area contributed by atoms with Crippen LogP contribution in [0.15, 0.2) is 0 Å². The molecule has 0 spiro atoms. The van der Waals surface area contributed by atoms with Crippen molar-refractivity contribution < 1.29 is 0 Å². The summed E-state index contributed by atoms with van der Waals surface area (Å²) in [5, 5.41) is 0. The Bertz CT molecular complexity index is 223. The first-order chi connectivity index (χ1) is 7.85. The second-order valence-electron chi connectivity index (χ2n) is 6.33. The zero-order valence-corrected chi connectivity index (χ0v) is 14.0. The van der Waals surface area contributed by atoms with Gasteiger partial charge in [0.2, 0.25) is 0 Å². The lowest BCUT2D eigenvalue weighted by Crippen LogP contribution is -2.48. The van der Waals surface area contributed by atoms with E-state index < -0.39 is 8.07 Å². The van der Waals surface area contributed by atoms with Gasteiger partial charge in [-0.3, -0.25) is 0 Å². The zero-order chi connectivity index (χ0) is 13.6. The molecule has 100 valence electrons. The summed E-state index contributed by atoms with van der Waals surface area (Å²) in [5.41, 5.74) is 2.89. The largest absolute Gasteiger partial charge is 0.120 e. The van der Waals surface area contributed by atoms with Crippen LogP contribution in [0.2, 0.25) is 22.2 Å². The van der Waals surface area contributed by atoms with Crippen LogP contribution in [0.4, 0.5) is 0 Å². The normalized spacial score (nSPS) is 14.4. The Hall–Kier alpha value is -0.223. The topological polar surface area (TPSA) is 0 Å². The van der Waals surface area contributed by atoms with Crippen molar-refractivity contribution in [1.29, 1.82) is 0 Å². The Balaban J connectivity index is 5.33. The van der Waals surface area contributed by atoms with E-state index in [2.05, 4.69) is 54.4 Å². The van der Waals surface area contributed by atoms with Gasteiger partial charge in [-0.1, -0.05) is 61.3 Å². The first kappa shape index (κ1) is 16.8. The Morgan fingerprint density at radius 2 is 1.35 bits per heavy atom. The summed E-state index contributed by atoms with van der Waals surface area (Å²) in [5.74, 6) is 3.18. The van der Waals surface area contributed by atoms with E-state index in [1.165, 1.54) is 19.3 Å². The SMILES string of the molecule is C#CC(CCCC)[Si](C(C)C)(C(C)C)C(C)C. The third-order valence-corrected chi connectivity index (χ3v) is 12.3. The van der Waals surface area contributed by atoms with Gasteiger partial charge in [0, 0.05) is 5.54 Å². The summed E-state index contributed by atoms with van der Waals surface area (Å²) in [4.78, 5) is 0. The second kappa shape index (κ2) is 7.26. The van der Waals surface area contributed by atoms with Gasteiger partial charge >= 0.3 is 0 Å². The van der Waals surface area contributed by atoms with Crippen molar-refractivity contribution in [1.82, 2.24) is 0 Å². The van der Waals surface area contributed by atoms with E-state index in [1.807, 2.05) is 0 Å². The van der Waals surface area contributed by atoms with E-state index in [1.54, 1.807) is 0 Å². The van der Waals surface area contributed by atoms with E-state index in [9.17, 15) is 0 Å². The molecule has 0 amide bonds. The molecule has 0 N–H and O–H groups in total. The first-order valence-corrected chi connectivity index (χ1v) is 9.62. The maximum absolute atomic E-state index is 5.90. The molecular weight excluding hydrogens is 220 g/mol. The number of terminal acetylenes is 1. The highest BCUT2D eigenvalue weighted by Gasteiger charge is 2.47. The lowest BCUT2D eigenvalue weighted by atomic mass is 10.2. The number of unbranched alkanes of at least 4 members (excludes halogenated alkanes) is 1. The molecule has 0 aromatic carbocycles. The second-order valence-corrected chi connectivity index (χ2v) is 12.5. The smallest absolute Gasteiger partial charge is 0.0779 e. The molecule has 0 saturated heterocycles. The molecule has 0 saturated carbocycles. The maximum atomic E-state index is 5.90.